The largest absolute Gasteiger partial charge is 0.399 e. The van der Waals surface area contributed by atoms with Crippen LogP contribution in [0.4, 0.5) is 5.69 Å². The van der Waals surface area contributed by atoms with Crippen LogP contribution in [0.3, 0.4) is 0 Å². The van der Waals surface area contributed by atoms with Gasteiger partial charge < -0.3 is 5.73 Å². The first-order valence-corrected chi connectivity index (χ1v) is 5.99. The first-order chi connectivity index (χ1) is 7.83. The Morgan fingerprint density at radius 1 is 0.875 bits per heavy atom. The molecule has 2 N–H and O–H groups in total. The molecule has 0 spiro atoms. The van der Waals surface area contributed by atoms with Crippen LogP contribution in [-0.2, 0) is 0 Å². The summed E-state index contributed by atoms with van der Waals surface area (Å²) in [5, 5.41) is 1.30. The summed E-state index contributed by atoms with van der Waals surface area (Å²) in [5.41, 5.74) is 7.73. The molecule has 0 bridgehead atoms. The van der Waals surface area contributed by atoms with E-state index in [1.807, 2.05) is 23.5 Å². The number of thiophene rings is 1. The zero-order valence-corrected chi connectivity index (χ0v) is 9.50. The first-order valence-electron chi connectivity index (χ1n) is 5.17. The molecule has 1 heterocycles. The Kier molecular flexibility index (Phi) is 2.15. The predicted molar refractivity (Wildman–Crippen MR) is 71.7 cm³/mol. The molecule has 1 aromatic heterocycles. The van der Waals surface area contributed by atoms with Crippen molar-refractivity contribution in [1.29, 1.82) is 0 Å². The van der Waals surface area contributed by atoms with Crippen molar-refractivity contribution >= 4 is 27.1 Å². The lowest BCUT2D eigenvalue weighted by atomic mass is 10.1. The number of benzene rings is 2. The summed E-state index contributed by atoms with van der Waals surface area (Å²) in [6.45, 7) is 0. The highest BCUT2D eigenvalue weighted by atomic mass is 32.1. The molecular formula is C14H11NS. The Bertz CT molecular complexity index is 590. The fourth-order valence-corrected chi connectivity index (χ4v) is 2.84. The number of nitrogens with two attached hydrogens (primary N) is 1. The van der Waals surface area contributed by atoms with Gasteiger partial charge in [0.15, 0.2) is 0 Å². The number of hydrogen-bond acceptors (Lipinski definition) is 2. The van der Waals surface area contributed by atoms with Crippen molar-refractivity contribution in [3.8, 4) is 10.4 Å². The topological polar surface area (TPSA) is 26.0 Å². The van der Waals surface area contributed by atoms with Gasteiger partial charge in [0.1, 0.15) is 0 Å². The molecule has 0 aliphatic rings. The molecule has 0 aliphatic heterocycles. The summed E-state index contributed by atoms with van der Waals surface area (Å²) in [5.74, 6) is 0. The zero-order valence-electron chi connectivity index (χ0n) is 8.68. The Balaban J connectivity index is 2.15. The average Bonchev–Trinajstić information content (AvgIpc) is 2.73. The van der Waals surface area contributed by atoms with Gasteiger partial charge in [-0.25, -0.2) is 0 Å². The van der Waals surface area contributed by atoms with Gasteiger partial charge in [-0.15, -0.1) is 11.3 Å². The van der Waals surface area contributed by atoms with Crippen molar-refractivity contribution in [1.82, 2.24) is 0 Å². The second kappa shape index (κ2) is 3.65. The van der Waals surface area contributed by atoms with Gasteiger partial charge in [-0.1, -0.05) is 30.3 Å². The van der Waals surface area contributed by atoms with E-state index in [1.165, 1.54) is 20.5 Å². The van der Waals surface area contributed by atoms with E-state index >= 15 is 0 Å². The van der Waals surface area contributed by atoms with E-state index in [-0.39, 0.29) is 0 Å². The molecule has 0 saturated heterocycles. The lowest BCUT2D eigenvalue weighted by Crippen LogP contribution is -1.82. The maximum Gasteiger partial charge on any atom is 0.0355 e. The Morgan fingerprint density at radius 3 is 2.38 bits per heavy atom. The fraction of sp³-hybridized carbons (Fsp3) is 0. The van der Waals surface area contributed by atoms with Crippen LogP contribution < -0.4 is 5.73 Å². The van der Waals surface area contributed by atoms with Gasteiger partial charge in [0.2, 0.25) is 0 Å². The van der Waals surface area contributed by atoms with Crippen molar-refractivity contribution in [2.75, 3.05) is 5.73 Å². The Hall–Kier alpha value is -1.80. The van der Waals surface area contributed by atoms with Crippen LogP contribution in [0.2, 0.25) is 0 Å². The van der Waals surface area contributed by atoms with Crippen molar-refractivity contribution in [3.63, 3.8) is 0 Å². The highest BCUT2D eigenvalue weighted by molar-refractivity contribution is 7.22. The van der Waals surface area contributed by atoms with Crippen LogP contribution in [0.15, 0.2) is 54.6 Å². The molecule has 78 valence electrons. The van der Waals surface area contributed by atoms with E-state index < -0.39 is 0 Å². The molecule has 0 saturated carbocycles. The molecule has 3 aromatic rings. The van der Waals surface area contributed by atoms with E-state index in [2.05, 4.69) is 42.5 Å². The third kappa shape index (κ3) is 1.57. The van der Waals surface area contributed by atoms with Gasteiger partial charge in [0.05, 0.1) is 0 Å². The minimum Gasteiger partial charge on any atom is -0.399 e. The lowest BCUT2D eigenvalue weighted by molar-refractivity contribution is 1.68. The normalized spacial score (nSPS) is 10.8. The van der Waals surface area contributed by atoms with E-state index in [1.54, 1.807) is 0 Å². The summed E-state index contributed by atoms with van der Waals surface area (Å²) in [6.07, 6.45) is 0. The third-order valence-corrected chi connectivity index (χ3v) is 3.79. The number of hydrogen-bond donors (Lipinski definition) is 1. The molecule has 0 amide bonds. The van der Waals surface area contributed by atoms with E-state index in [0.717, 1.165) is 5.69 Å². The molecule has 0 unspecified atom stereocenters. The van der Waals surface area contributed by atoms with Crippen LogP contribution in [-0.4, -0.2) is 0 Å². The smallest absolute Gasteiger partial charge is 0.0355 e. The maximum absolute atomic E-state index is 5.68. The molecular weight excluding hydrogens is 214 g/mol. The van der Waals surface area contributed by atoms with Crippen molar-refractivity contribution in [2.45, 2.75) is 0 Å². The highest BCUT2D eigenvalue weighted by Gasteiger charge is 2.02. The monoisotopic (exact) mass is 225 g/mol. The van der Waals surface area contributed by atoms with Crippen LogP contribution in [0.1, 0.15) is 0 Å². The van der Waals surface area contributed by atoms with Gasteiger partial charge in [0.25, 0.3) is 0 Å². The molecule has 16 heavy (non-hydrogen) atoms. The van der Waals surface area contributed by atoms with Crippen LogP contribution >= 0.6 is 11.3 Å². The predicted octanol–water partition coefficient (Wildman–Crippen LogP) is 4.15. The van der Waals surface area contributed by atoms with E-state index in [9.17, 15) is 0 Å². The van der Waals surface area contributed by atoms with Crippen LogP contribution in [0, 0.1) is 0 Å². The molecule has 0 radical (unpaired) electrons. The fourth-order valence-electron chi connectivity index (χ4n) is 1.77. The van der Waals surface area contributed by atoms with Gasteiger partial charge in [-0.3, -0.25) is 0 Å². The molecule has 3 rings (SSSR count). The quantitative estimate of drug-likeness (QED) is 0.618. The minimum atomic E-state index is 0.810. The molecule has 0 atom stereocenters. The molecule has 2 heteroatoms. The summed E-state index contributed by atoms with van der Waals surface area (Å²) < 4.78 is 1.33. The number of rotatable bonds is 1. The van der Waals surface area contributed by atoms with Crippen LogP contribution in [0.25, 0.3) is 20.5 Å². The van der Waals surface area contributed by atoms with Crippen LogP contribution in [0.5, 0.6) is 0 Å². The van der Waals surface area contributed by atoms with E-state index in [0.29, 0.717) is 0 Å². The zero-order chi connectivity index (χ0) is 11.0. The summed E-state index contributed by atoms with van der Waals surface area (Å²) in [6, 6.07) is 18.7. The van der Waals surface area contributed by atoms with Crippen molar-refractivity contribution in [2.24, 2.45) is 0 Å². The summed E-state index contributed by atoms with van der Waals surface area (Å²) >= 11 is 1.82. The SMILES string of the molecule is Nc1ccc(-c2cc3ccccc3s2)cc1. The minimum absolute atomic E-state index is 0.810. The van der Waals surface area contributed by atoms with Gasteiger partial charge in [-0.05, 0) is 35.2 Å². The highest BCUT2D eigenvalue weighted by Crippen LogP contribution is 2.33. The lowest BCUT2D eigenvalue weighted by Gasteiger charge is -1.96. The van der Waals surface area contributed by atoms with Gasteiger partial charge in [0, 0.05) is 15.3 Å². The number of nitrogen functional groups attached to an aromatic ring is 1. The Labute approximate surface area is 98.2 Å². The second-order valence-electron chi connectivity index (χ2n) is 3.77. The summed E-state index contributed by atoms with van der Waals surface area (Å²) in [7, 11) is 0. The molecule has 1 nitrogen and oxygen atoms in total. The number of anilines is 1. The van der Waals surface area contributed by atoms with Crippen molar-refractivity contribution < 1.29 is 0 Å². The standard InChI is InChI=1S/C14H11NS/c15-12-7-5-10(6-8-12)14-9-11-3-1-2-4-13(11)16-14/h1-9H,15H2. The van der Waals surface area contributed by atoms with Gasteiger partial charge >= 0.3 is 0 Å². The molecule has 2 aromatic carbocycles. The van der Waals surface area contributed by atoms with Gasteiger partial charge in [-0.2, -0.15) is 0 Å². The molecule has 0 fully saturated rings. The maximum atomic E-state index is 5.68. The molecule has 0 aliphatic carbocycles. The first kappa shape index (κ1) is 9.43. The average molecular weight is 225 g/mol. The second-order valence-corrected chi connectivity index (χ2v) is 4.85. The Morgan fingerprint density at radius 2 is 1.62 bits per heavy atom. The van der Waals surface area contributed by atoms with Crippen molar-refractivity contribution in [3.05, 3.63) is 54.6 Å². The summed E-state index contributed by atoms with van der Waals surface area (Å²) in [4.78, 5) is 1.29. The number of fused-ring (bicyclic) bond motifs is 1. The van der Waals surface area contributed by atoms with E-state index in [4.69, 9.17) is 5.73 Å². The third-order valence-electron chi connectivity index (χ3n) is 2.62.